The van der Waals surface area contributed by atoms with Gasteiger partial charge in [0.2, 0.25) is 17.7 Å². The average Bonchev–Trinajstić information content (AvgIpc) is 3.00. The maximum absolute atomic E-state index is 12.4. The predicted molar refractivity (Wildman–Crippen MR) is 81.9 cm³/mol. The normalized spacial score (nSPS) is 32.2. The van der Waals surface area contributed by atoms with Crippen molar-refractivity contribution in [1.82, 2.24) is 9.80 Å². The van der Waals surface area contributed by atoms with Crippen LogP contribution in [0.5, 0.6) is 0 Å². The molecule has 0 aromatic heterocycles. The van der Waals surface area contributed by atoms with Crippen molar-refractivity contribution in [2.75, 3.05) is 25.1 Å². The quantitative estimate of drug-likeness (QED) is 0.514. The Balaban J connectivity index is 1.66. The Morgan fingerprint density at radius 3 is 2.26 bits per heavy atom. The van der Waals surface area contributed by atoms with Crippen LogP contribution in [-0.4, -0.2) is 67.1 Å². The predicted octanol–water partition coefficient (Wildman–Crippen LogP) is -0.417. The molecule has 1 aliphatic carbocycles. The largest absolute Gasteiger partial charge is 0.340 e. The van der Waals surface area contributed by atoms with Crippen LogP contribution in [0, 0.1) is 11.8 Å². The van der Waals surface area contributed by atoms with E-state index in [1.54, 1.807) is 0 Å². The number of hydrogen-bond acceptors (Lipinski definition) is 5. The van der Waals surface area contributed by atoms with Crippen molar-refractivity contribution < 1.29 is 22.8 Å². The number of sulfone groups is 1. The minimum Gasteiger partial charge on any atom is -0.340 e. The third-order valence-electron chi connectivity index (χ3n) is 5.04. The third kappa shape index (κ3) is 2.91. The zero-order chi connectivity index (χ0) is 16.8. The lowest BCUT2D eigenvalue weighted by molar-refractivity contribution is -0.146. The molecule has 3 aliphatic rings. The van der Waals surface area contributed by atoms with Crippen LogP contribution in [0.1, 0.15) is 19.3 Å². The second kappa shape index (κ2) is 5.74. The first-order valence-electron chi connectivity index (χ1n) is 7.76. The topological polar surface area (TPSA) is 91.8 Å². The standard InChI is InChI=1S/C15H20N2O5S/c1-16(10-6-7-23(21,22)9-10)13(18)8-17-14(19)11-4-2-3-5-12(11)15(17)20/h2-3,10-12H,4-9H2,1H3/t10-,11-,12+/m1/s1. The monoisotopic (exact) mass is 340 g/mol. The van der Waals surface area contributed by atoms with Crippen LogP contribution in [0.3, 0.4) is 0 Å². The van der Waals surface area contributed by atoms with Crippen molar-refractivity contribution in [3.05, 3.63) is 12.2 Å². The van der Waals surface area contributed by atoms with E-state index < -0.39 is 9.84 Å². The van der Waals surface area contributed by atoms with Crippen LogP contribution < -0.4 is 0 Å². The molecule has 2 heterocycles. The maximum atomic E-state index is 12.4. The van der Waals surface area contributed by atoms with Gasteiger partial charge in [-0.1, -0.05) is 12.2 Å². The number of carbonyl (C=O) groups excluding carboxylic acids is 3. The summed E-state index contributed by atoms with van der Waals surface area (Å²) in [5.74, 6) is -1.63. The summed E-state index contributed by atoms with van der Waals surface area (Å²) in [6, 6.07) is -0.371. The van der Waals surface area contributed by atoms with E-state index in [0.29, 0.717) is 19.3 Å². The minimum absolute atomic E-state index is 0.0493. The van der Waals surface area contributed by atoms with Gasteiger partial charge in [0.25, 0.3) is 0 Å². The highest BCUT2D eigenvalue weighted by atomic mass is 32.2. The van der Waals surface area contributed by atoms with Crippen molar-refractivity contribution in [3.8, 4) is 0 Å². The van der Waals surface area contributed by atoms with Crippen molar-refractivity contribution in [2.24, 2.45) is 11.8 Å². The number of allylic oxidation sites excluding steroid dienone is 2. The number of likely N-dealkylation sites (tertiary alicyclic amines) is 1. The summed E-state index contributed by atoms with van der Waals surface area (Å²) in [6.07, 6.45) is 5.27. The van der Waals surface area contributed by atoms with E-state index in [1.165, 1.54) is 11.9 Å². The Morgan fingerprint density at radius 1 is 1.22 bits per heavy atom. The summed E-state index contributed by atoms with van der Waals surface area (Å²) in [4.78, 5) is 39.5. The number of hydrogen-bond donors (Lipinski definition) is 0. The molecule has 0 N–H and O–H groups in total. The molecule has 7 nitrogen and oxygen atoms in total. The summed E-state index contributed by atoms with van der Waals surface area (Å²) in [5.41, 5.74) is 0. The number of rotatable bonds is 3. The van der Waals surface area contributed by atoms with Crippen molar-refractivity contribution >= 4 is 27.6 Å². The molecule has 8 heteroatoms. The lowest BCUT2D eigenvalue weighted by Crippen LogP contribution is -2.45. The Labute approximate surface area is 135 Å². The zero-order valence-electron chi connectivity index (χ0n) is 13.0. The Bertz CT molecular complexity index is 658. The van der Waals surface area contributed by atoms with Crippen LogP contribution in [0.25, 0.3) is 0 Å². The first kappa shape index (κ1) is 16.2. The van der Waals surface area contributed by atoms with Gasteiger partial charge in [0, 0.05) is 13.1 Å². The maximum Gasteiger partial charge on any atom is 0.242 e. The van der Waals surface area contributed by atoms with Crippen LogP contribution >= 0.6 is 0 Å². The molecule has 2 saturated heterocycles. The second-order valence-corrected chi connectivity index (χ2v) is 8.71. The van der Waals surface area contributed by atoms with Crippen molar-refractivity contribution in [2.45, 2.75) is 25.3 Å². The molecule has 3 atom stereocenters. The molecule has 2 aliphatic heterocycles. The molecule has 23 heavy (non-hydrogen) atoms. The first-order chi connectivity index (χ1) is 10.8. The van der Waals surface area contributed by atoms with Gasteiger partial charge < -0.3 is 4.90 Å². The number of nitrogens with zero attached hydrogens (tertiary/aromatic N) is 2. The van der Waals surface area contributed by atoms with Gasteiger partial charge in [-0.15, -0.1) is 0 Å². The molecule has 126 valence electrons. The summed E-state index contributed by atoms with van der Waals surface area (Å²) in [5, 5.41) is 0. The van der Waals surface area contributed by atoms with E-state index in [4.69, 9.17) is 0 Å². The van der Waals surface area contributed by atoms with Gasteiger partial charge in [0.15, 0.2) is 9.84 Å². The van der Waals surface area contributed by atoms with Crippen LogP contribution in [0.15, 0.2) is 12.2 Å². The van der Waals surface area contributed by atoms with Crippen LogP contribution in [0.2, 0.25) is 0 Å². The third-order valence-corrected chi connectivity index (χ3v) is 6.79. The van der Waals surface area contributed by atoms with E-state index in [-0.39, 0.29) is 53.6 Å². The average molecular weight is 340 g/mol. The summed E-state index contributed by atoms with van der Waals surface area (Å²) >= 11 is 0. The molecule has 0 bridgehead atoms. The molecule has 0 aromatic carbocycles. The van der Waals surface area contributed by atoms with E-state index in [9.17, 15) is 22.8 Å². The lowest BCUT2D eigenvalue weighted by Gasteiger charge is -2.25. The van der Waals surface area contributed by atoms with Crippen LogP contribution in [-0.2, 0) is 24.2 Å². The molecule has 0 aromatic rings. The second-order valence-electron chi connectivity index (χ2n) is 6.48. The van der Waals surface area contributed by atoms with E-state index in [0.717, 1.165) is 4.90 Å². The van der Waals surface area contributed by atoms with Gasteiger partial charge in [-0.3, -0.25) is 19.3 Å². The zero-order valence-corrected chi connectivity index (χ0v) is 13.8. The molecule has 3 rings (SSSR count). The smallest absolute Gasteiger partial charge is 0.242 e. The van der Waals surface area contributed by atoms with Gasteiger partial charge in [0.05, 0.1) is 23.3 Å². The summed E-state index contributed by atoms with van der Waals surface area (Å²) in [7, 11) is -1.55. The van der Waals surface area contributed by atoms with Gasteiger partial charge in [-0.05, 0) is 19.3 Å². The van der Waals surface area contributed by atoms with E-state index >= 15 is 0 Å². The highest BCUT2D eigenvalue weighted by molar-refractivity contribution is 7.91. The number of imide groups is 1. The molecule has 0 unspecified atom stereocenters. The fraction of sp³-hybridized carbons (Fsp3) is 0.667. The summed E-state index contributed by atoms with van der Waals surface area (Å²) in [6.45, 7) is -0.294. The number of likely N-dealkylation sites (N-methyl/N-ethyl adjacent to an activating group) is 1. The van der Waals surface area contributed by atoms with E-state index in [2.05, 4.69) is 0 Å². The SMILES string of the molecule is CN(C(=O)CN1C(=O)[C@H]2CC=CC[C@H]2C1=O)[C@@H]1CCS(=O)(=O)C1. The molecule has 0 radical (unpaired) electrons. The Morgan fingerprint density at radius 2 is 1.78 bits per heavy atom. The number of carbonyl (C=O) groups is 3. The van der Waals surface area contributed by atoms with Gasteiger partial charge >= 0.3 is 0 Å². The van der Waals surface area contributed by atoms with Crippen molar-refractivity contribution in [1.29, 1.82) is 0 Å². The fourth-order valence-corrected chi connectivity index (χ4v) is 5.33. The van der Waals surface area contributed by atoms with Gasteiger partial charge in [-0.25, -0.2) is 8.42 Å². The molecular formula is C15H20N2O5S. The first-order valence-corrected chi connectivity index (χ1v) is 9.58. The van der Waals surface area contributed by atoms with E-state index in [1.807, 2.05) is 12.2 Å². The van der Waals surface area contributed by atoms with Gasteiger partial charge in [-0.2, -0.15) is 0 Å². The lowest BCUT2D eigenvalue weighted by atomic mass is 9.85. The Hall–Kier alpha value is -1.70. The van der Waals surface area contributed by atoms with Crippen LogP contribution in [0.4, 0.5) is 0 Å². The van der Waals surface area contributed by atoms with Gasteiger partial charge in [0.1, 0.15) is 6.54 Å². The summed E-state index contributed by atoms with van der Waals surface area (Å²) < 4.78 is 23.0. The molecule has 0 saturated carbocycles. The molecule has 2 fully saturated rings. The Kier molecular flexibility index (Phi) is 4.03. The number of amides is 3. The highest BCUT2D eigenvalue weighted by Gasteiger charge is 2.48. The van der Waals surface area contributed by atoms with Crippen molar-refractivity contribution in [3.63, 3.8) is 0 Å². The fourth-order valence-electron chi connectivity index (χ4n) is 3.56. The number of fused-ring (bicyclic) bond motifs is 1. The molecular weight excluding hydrogens is 320 g/mol. The minimum atomic E-state index is -3.09. The molecule has 0 spiro atoms. The molecule has 3 amide bonds. The highest BCUT2D eigenvalue weighted by Crippen LogP contribution is 2.35.